The van der Waals surface area contributed by atoms with Crippen LogP contribution >= 0.6 is 39.1 Å². The number of imide groups is 1. The number of amides is 2. The van der Waals surface area contributed by atoms with Crippen molar-refractivity contribution >= 4 is 66.7 Å². The van der Waals surface area contributed by atoms with E-state index in [0.717, 1.165) is 13.7 Å². The minimum Gasteiger partial charge on any atom is -0.274 e. The molecule has 2 aromatic carbocycles. The fourth-order valence-electron chi connectivity index (χ4n) is 3.41. The van der Waals surface area contributed by atoms with Crippen molar-refractivity contribution in [1.29, 1.82) is 0 Å². The molecule has 0 bridgehead atoms. The topological polar surface area (TPSA) is 74.8 Å². The number of carbonyl (C=O) groups excluding carboxylic acids is 2. The molecule has 1 saturated carbocycles. The van der Waals surface area contributed by atoms with E-state index in [1.165, 1.54) is 18.2 Å². The predicted molar refractivity (Wildman–Crippen MR) is 114 cm³/mol. The Kier molecular flexibility index (Phi) is 5.50. The summed E-state index contributed by atoms with van der Waals surface area (Å²) in [4.78, 5) is 26.6. The van der Waals surface area contributed by atoms with E-state index in [0.29, 0.717) is 18.5 Å². The molecular formula is C19H15BrCl2N2O4S. The van der Waals surface area contributed by atoms with Crippen LogP contribution in [0.3, 0.4) is 0 Å². The molecule has 152 valence electrons. The highest BCUT2D eigenvalue weighted by Crippen LogP contribution is 2.40. The first kappa shape index (κ1) is 20.8. The average molecular weight is 518 g/mol. The summed E-state index contributed by atoms with van der Waals surface area (Å²) < 4.78 is 28.8. The summed E-state index contributed by atoms with van der Waals surface area (Å²) in [6, 6.07) is 9.39. The number of rotatable bonds is 5. The van der Waals surface area contributed by atoms with Gasteiger partial charge >= 0.3 is 0 Å². The first-order valence-electron chi connectivity index (χ1n) is 8.81. The zero-order valence-corrected chi connectivity index (χ0v) is 18.8. The van der Waals surface area contributed by atoms with Gasteiger partial charge in [-0.2, -0.15) is 4.31 Å². The summed E-state index contributed by atoms with van der Waals surface area (Å²) in [6.45, 7) is 0. The normalized spacial score (nSPS) is 20.0. The van der Waals surface area contributed by atoms with E-state index in [-0.39, 0.29) is 27.4 Å². The van der Waals surface area contributed by atoms with Gasteiger partial charge in [-0.25, -0.2) is 13.3 Å². The summed E-state index contributed by atoms with van der Waals surface area (Å²) in [7, 11) is -4.13. The van der Waals surface area contributed by atoms with Gasteiger partial charge in [-0.3, -0.25) is 9.59 Å². The van der Waals surface area contributed by atoms with Crippen LogP contribution in [0.2, 0.25) is 10.0 Å². The summed E-state index contributed by atoms with van der Waals surface area (Å²) in [5, 5.41) is 0.232. The van der Waals surface area contributed by atoms with Gasteiger partial charge in [0.05, 0.1) is 17.1 Å². The van der Waals surface area contributed by atoms with Crippen LogP contribution in [-0.4, -0.2) is 36.6 Å². The lowest BCUT2D eigenvalue weighted by Gasteiger charge is -2.27. The molecule has 0 aromatic heterocycles. The lowest BCUT2D eigenvalue weighted by atomic mass is 10.2. The van der Waals surface area contributed by atoms with E-state index in [2.05, 4.69) is 15.9 Å². The van der Waals surface area contributed by atoms with E-state index in [4.69, 9.17) is 23.2 Å². The number of carbonyl (C=O) groups is 2. The smallest absolute Gasteiger partial charge is 0.252 e. The number of nitrogens with zero attached hydrogens (tertiary/aromatic N) is 2. The molecule has 1 aliphatic heterocycles. The number of sulfonamides is 1. The molecule has 2 amide bonds. The largest absolute Gasteiger partial charge is 0.274 e. The van der Waals surface area contributed by atoms with Crippen molar-refractivity contribution < 1.29 is 18.0 Å². The Labute approximate surface area is 186 Å². The SMILES string of the molecule is O=C1CC(N(C2CC2)S(=O)(=O)c2cc(Cl)ccc2Cl)C(=O)N1c1ccc(Br)cc1. The molecular weight excluding hydrogens is 503 g/mol. The Morgan fingerprint density at radius 2 is 1.69 bits per heavy atom. The Bertz CT molecular complexity index is 1100. The third-order valence-corrected chi connectivity index (χ3v) is 8.08. The number of halogens is 3. The van der Waals surface area contributed by atoms with E-state index < -0.39 is 27.9 Å². The Morgan fingerprint density at radius 1 is 1.03 bits per heavy atom. The average Bonchev–Trinajstić information content (AvgIpc) is 3.44. The second-order valence-electron chi connectivity index (χ2n) is 6.90. The van der Waals surface area contributed by atoms with Crippen molar-refractivity contribution in [2.75, 3.05) is 4.90 Å². The minimum atomic E-state index is -4.13. The van der Waals surface area contributed by atoms with Gasteiger partial charge in [-0.15, -0.1) is 0 Å². The van der Waals surface area contributed by atoms with Crippen LogP contribution < -0.4 is 4.90 Å². The highest BCUT2D eigenvalue weighted by atomic mass is 79.9. The van der Waals surface area contributed by atoms with Crippen LogP contribution in [-0.2, 0) is 19.6 Å². The molecule has 1 atom stereocenters. The van der Waals surface area contributed by atoms with Crippen molar-refractivity contribution in [3.8, 4) is 0 Å². The molecule has 2 fully saturated rings. The molecule has 1 unspecified atom stereocenters. The number of anilines is 1. The minimum absolute atomic E-state index is 0.0154. The van der Waals surface area contributed by atoms with Gasteiger partial charge in [-0.05, 0) is 55.3 Å². The first-order valence-corrected chi connectivity index (χ1v) is 11.8. The van der Waals surface area contributed by atoms with E-state index >= 15 is 0 Å². The maximum atomic E-state index is 13.4. The molecule has 1 heterocycles. The molecule has 0 radical (unpaired) electrons. The predicted octanol–water partition coefficient (Wildman–Crippen LogP) is 4.24. The molecule has 10 heteroatoms. The van der Waals surface area contributed by atoms with Crippen molar-refractivity contribution in [3.63, 3.8) is 0 Å². The van der Waals surface area contributed by atoms with Gasteiger partial charge in [0.2, 0.25) is 15.9 Å². The molecule has 1 aliphatic carbocycles. The quantitative estimate of drug-likeness (QED) is 0.556. The van der Waals surface area contributed by atoms with E-state index in [1.54, 1.807) is 24.3 Å². The zero-order valence-electron chi connectivity index (χ0n) is 14.9. The van der Waals surface area contributed by atoms with Crippen LogP contribution in [0.25, 0.3) is 0 Å². The maximum absolute atomic E-state index is 13.4. The lowest BCUT2D eigenvalue weighted by Crippen LogP contribution is -2.46. The molecule has 6 nitrogen and oxygen atoms in total. The Balaban J connectivity index is 1.73. The van der Waals surface area contributed by atoms with Crippen molar-refractivity contribution in [2.24, 2.45) is 0 Å². The van der Waals surface area contributed by atoms with Crippen LogP contribution in [0, 0.1) is 0 Å². The van der Waals surface area contributed by atoms with E-state index in [1.807, 2.05) is 0 Å². The summed E-state index contributed by atoms with van der Waals surface area (Å²) in [5.74, 6) is -1.01. The molecule has 0 N–H and O–H groups in total. The van der Waals surface area contributed by atoms with Gasteiger partial charge in [0, 0.05) is 15.5 Å². The highest BCUT2D eigenvalue weighted by molar-refractivity contribution is 9.10. The monoisotopic (exact) mass is 516 g/mol. The Hall–Kier alpha value is -1.45. The molecule has 4 rings (SSSR count). The van der Waals surface area contributed by atoms with Crippen LogP contribution in [0.15, 0.2) is 51.8 Å². The van der Waals surface area contributed by atoms with Gasteiger partial charge in [0.25, 0.3) is 5.91 Å². The number of benzene rings is 2. The molecule has 29 heavy (non-hydrogen) atoms. The highest BCUT2D eigenvalue weighted by Gasteiger charge is 2.52. The fourth-order valence-corrected chi connectivity index (χ4v) is 6.24. The van der Waals surface area contributed by atoms with Gasteiger partial charge in [0.1, 0.15) is 10.9 Å². The standard InChI is InChI=1S/C19H15BrCl2N2O4S/c20-11-1-4-13(5-2-11)23-18(25)10-16(19(23)26)24(14-6-7-14)29(27,28)17-9-12(21)3-8-15(17)22/h1-5,8-9,14,16H,6-7,10H2. The number of hydrogen-bond acceptors (Lipinski definition) is 4. The summed E-state index contributed by atoms with van der Waals surface area (Å²) in [5.41, 5.74) is 0.402. The molecule has 1 saturated heterocycles. The number of hydrogen-bond donors (Lipinski definition) is 0. The second-order valence-corrected chi connectivity index (χ2v) is 10.5. The third-order valence-electron chi connectivity index (χ3n) is 4.87. The Morgan fingerprint density at radius 3 is 2.31 bits per heavy atom. The van der Waals surface area contributed by atoms with E-state index in [9.17, 15) is 18.0 Å². The van der Waals surface area contributed by atoms with Crippen molar-refractivity contribution in [1.82, 2.24) is 4.31 Å². The maximum Gasteiger partial charge on any atom is 0.252 e. The third kappa shape index (κ3) is 3.84. The zero-order chi connectivity index (χ0) is 20.9. The fraction of sp³-hybridized carbons (Fsp3) is 0.263. The van der Waals surface area contributed by atoms with Crippen LogP contribution in [0.1, 0.15) is 19.3 Å². The van der Waals surface area contributed by atoms with Crippen LogP contribution in [0.4, 0.5) is 5.69 Å². The summed E-state index contributed by atoms with van der Waals surface area (Å²) >= 11 is 15.4. The summed E-state index contributed by atoms with van der Waals surface area (Å²) in [6.07, 6.45) is 1.02. The molecule has 0 spiro atoms. The van der Waals surface area contributed by atoms with Crippen LogP contribution in [0.5, 0.6) is 0 Å². The van der Waals surface area contributed by atoms with Gasteiger partial charge in [-0.1, -0.05) is 39.1 Å². The van der Waals surface area contributed by atoms with Crippen molar-refractivity contribution in [3.05, 3.63) is 57.0 Å². The molecule has 2 aliphatic rings. The van der Waals surface area contributed by atoms with Gasteiger partial charge in [0.15, 0.2) is 0 Å². The molecule has 2 aromatic rings. The lowest BCUT2D eigenvalue weighted by molar-refractivity contribution is -0.122. The van der Waals surface area contributed by atoms with Gasteiger partial charge < -0.3 is 0 Å². The van der Waals surface area contributed by atoms with Crippen molar-refractivity contribution in [2.45, 2.75) is 36.2 Å². The second kappa shape index (κ2) is 7.67. The first-order chi connectivity index (χ1) is 13.7.